The van der Waals surface area contributed by atoms with Gasteiger partial charge in [-0.05, 0) is 25.7 Å². The number of benzene rings is 1. The van der Waals surface area contributed by atoms with Crippen LogP contribution in [0.25, 0.3) is 11.3 Å². The average Bonchev–Trinajstić information content (AvgIpc) is 3.36. The van der Waals surface area contributed by atoms with Crippen LogP contribution in [0.1, 0.15) is 36.2 Å². The number of piperidine rings is 1. The fourth-order valence-electron chi connectivity index (χ4n) is 3.67. The summed E-state index contributed by atoms with van der Waals surface area (Å²) in [6.07, 6.45) is 9.54. The largest absolute Gasteiger partial charge is 0.340 e. The van der Waals surface area contributed by atoms with Crippen LogP contribution in [0.4, 0.5) is 0 Å². The molecule has 1 aromatic carbocycles. The summed E-state index contributed by atoms with van der Waals surface area (Å²) in [5, 5.41) is 8.53. The van der Waals surface area contributed by atoms with E-state index in [-0.39, 0.29) is 11.9 Å². The zero-order valence-electron chi connectivity index (χ0n) is 15.5. The predicted molar refractivity (Wildman–Crippen MR) is 102 cm³/mol. The first kappa shape index (κ1) is 17.5. The number of aromatic nitrogens is 5. The Balaban J connectivity index is 1.42. The molecule has 1 saturated heterocycles. The SMILES string of the molecule is Cn1cnc(C(=O)N2CCCCC2CCn2cc(-c3ccccc3)nn2)c1. The van der Waals surface area contributed by atoms with Crippen LogP contribution in [0.5, 0.6) is 0 Å². The fourth-order valence-corrected chi connectivity index (χ4v) is 3.67. The Morgan fingerprint density at radius 3 is 2.81 bits per heavy atom. The molecule has 0 bridgehead atoms. The van der Waals surface area contributed by atoms with Gasteiger partial charge in [0.05, 0.1) is 12.5 Å². The number of hydrogen-bond acceptors (Lipinski definition) is 4. The molecule has 27 heavy (non-hydrogen) atoms. The van der Waals surface area contributed by atoms with Crippen molar-refractivity contribution in [3.8, 4) is 11.3 Å². The molecule has 1 aliphatic rings. The molecular formula is C20H24N6O. The fraction of sp³-hybridized carbons (Fsp3) is 0.400. The van der Waals surface area contributed by atoms with Gasteiger partial charge in [-0.1, -0.05) is 35.5 Å². The maximum absolute atomic E-state index is 12.8. The third kappa shape index (κ3) is 3.92. The van der Waals surface area contributed by atoms with Gasteiger partial charge in [-0.25, -0.2) is 4.98 Å². The molecule has 0 N–H and O–H groups in total. The summed E-state index contributed by atoms with van der Waals surface area (Å²) < 4.78 is 3.69. The molecule has 0 saturated carbocycles. The molecule has 0 spiro atoms. The molecule has 3 aromatic rings. The van der Waals surface area contributed by atoms with E-state index in [1.165, 1.54) is 0 Å². The van der Waals surface area contributed by atoms with Crippen molar-refractivity contribution >= 4 is 5.91 Å². The second-order valence-electron chi connectivity index (χ2n) is 7.09. The third-order valence-corrected chi connectivity index (χ3v) is 5.11. The van der Waals surface area contributed by atoms with Crippen LogP contribution in [0.15, 0.2) is 49.1 Å². The van der Waals surface area contributed by atoms with E-state index in [1.807, 2.05) is 57.7 Å². The number of likely N-dealkylation sites (tertiary alicyclic amines) is 1. The standard InChI is InChI=1S/C20H24N6O/c1-24-13-19(21-15-24)20(27)26-11-6-5-9-17(26)10-12-25-14-18(22-23-25)16-7-3-2-4-8-16/h2-4,7-8,13-15,17H,5-6,9-12H2,1H3. The van der Waals surface area contributed by atoms with Gasteiger partial charge in [0.2, 0.25) is 0 Å². The number of amides is 1. The van der Waals surface area contributed by atoms with Gasteiger partial charge in [0.15, 0.2) is 0 Å². The lowest BCUT2D eigenvalue weighted by molar-refractivity contribution is 0.0588. The molecule has 1 amide bonds. The minimum atomic E-state index is 0.0314. The lowest BCUT2D eigenvalue weighted by Gasteiger charge is -2.35. The lowest BCUT2D eigenvalue weighted by atomic mass is 9.99. The van der Waals surface area contributed by atoms with E-state index in [9.17, 15) is 4.79 Å². The summed E-state index contributed by atoms with van der Waals surface area (Å²) in [5.74, 6) is 0.0314. The van der Waals surface area contributed by atoms with Crippen molar-refractivity contribution in [3.05, 3.63) is 54.7 Å². The van der Waals surface area contributed by atoms with Gasteiger partial charge in [-0.15, -0.1) is 5.10 Å². The molecule has 7 nitrogen and oxygen atoms in total. The van der Waals surface area contributed by atoms with Crippen LogP contribution < -0.4 is 0 Å². The van der Waals surface area contributed by atoms with Gasteiger partial charge in [0.1, 0.15) is 11.4 Å². The Morgan fingerprint density at radius 1 is 1.19 bits per heavy atom. The van der Waals surface area contributed by atoms with Crippen LogP contribution in [-0.4, -0.2) is 47.9 Å². The minimum Gasteiger partial charge on any atom is -0.340 e. The van der Waals surface area contributed by atoms with Crippen LogP contribution in [0.2, 0.25) is 0 Å². The van der Waals surface area contributed by atoms with Gasteiger partial charge in [0, 0.05) is 37.9 Å². The molecule has 2 aromatic heterocycles. The maximum atomic E-state index is 12.8. The number of nitrogens with zero attached hydrogens (tertiary/aromatic N) is 6. The first-order valence-electron chi connectivity index (χ1n) is 9.45. The van der Waals surface area contributed by atoms with Crippen molar-refractivity contribution in [2.45, 2.75) is 38.3 Å². The maximum Gasteiger partial charge on any atom is 0.274 e. The Labute approximate surface area is 158 Å². The van der Waals surface area contributed by atoms with E-state index in [0.717, 1.165) is 50.0 Å². The molecule has 3 heterocycles. The predicted octanol–water partition coefficient (Wildman–Crippen LogP) is 2.76. The first-order valence-corrected chi connectivity index (χ1v) is 9.45. The van der Waals surface area contributed by atoms with Crippen molar-refractivity contribution in [2.24, 2.45) is 7.05 Å². The Hall–Kier alpha value is -2.96. The summed E-state index contributed by atoms with van der Waals surface area (Å²) >= 11 is 0. The second-order valence-corrected chi connectivity index (χ2v) is 7.09. The molecule has 140 valence electrons. The van der Waals surface area contributed by atoms with Crippen LogP contribution in [0.3, 0.4) is 0 Å². The highest BCUT2D eigenvalue weighted by Crippen LogP contribution is 2.22. The number of aryl methyl sites for hydroxylation is 2. The molecule has 1 aliphatic heterocycles. The first-order chi connectivity index (χ1) is 13.2. The molecule has 1 unspecified atom stereocenters. The highest BCUT2D eigenvalue weighted by molar-refractivity contribution is 5.92. The van der Waals surface area contributed by atoms with Crippen molar-refractivity contribution in [2.75, 3.05) is 6.54 Å². The van der Waals surface area contributed by atoms with E-state index in [1.54, 1.807) is 12.5 Å². The summed E-state index contributed by atoms with van der Waals surface area (Å²) in [6.45, 7) is 1.54. The van der Waals surface area contributed by atoms with Crippen LogP contribution in [-0.2, 0) is 13.6 Å². The molecule has 7 heteroatoms. The number of hydrogen-bond donors (Lipinski definition) is 0. The molecule has 0 radical (unpaired) electrons. The van der Waals surface area contributed by atoms with Gasteiger partial charge >= 0.3 is 0 Å². The van der Waals surface area contributed by atoms with Crippen molar-refractivity contribution in [1.82, 2.24) is 29.4 Å². The van der Waals surface area contributed by atoms with Crippen molar-refractivity contribution in [3.63, 3.8) is 0 Å². The summed E-state index contributed by atoms with van der Waals surface area (Å²) in [4.78, 5) is 19.1. The highest BCUT2D eigenvalue weighted by atomic mass is 16.2. The van der Waals surface area contributed by atoms with Crippen LogP contribution >= 0.6 is 0 Å². The molecule has 4 rings (SSSR count). The highest BCUT2D eigenvalue weighted by Gasteiger charge is 2.28. The van der Waals surface area contributed by atoms with Crippen LogP contribution in [0, 0.1) is 0 Å². The van der Waals surface area contributed by atoms with Crippen molar-refractivity contribution in [1.29, 1.82) is 0 Å². The normalized spacial score (nSPS) is 17.2. The van der Waals surface area contributed by atoms with Crippen molar-refractivity contribution < 1.29 is 4.79 Å². The molecule has 1 atom stereocenters. The topological polar surface area (TPSA) is 68.8 Å². The number of rotatable bonds is 5. The Bertz CT molecular complexity index is 900. The lowest BCUT2D eigenvalue weighted by Crippen LogP contribution is -2.44. The van der Waals surface area contributed by atoms with E-state index >= 15 is 0 Å². The van der Waals surface area contributed by atoms with Gasteiger partial charge in [-0.3, -0.25) is 9.48 Å². The zero-order chi connectivity index (χ0) is 18.6. The van der Waals surface area contributed by atoms with Gasteiger partial charge < -0.3 is 9.47 Å². The number of carbonyl (C=O) groups is 1. The van der Waals surface area contributed by atoms with E-state index < -0.39 is 0 Å². The smallest absolute Gasteiger partial charge is 0.274 e. The van der Waals surface area contributed by atoms with E-state index in [4.69, 9.17) is 0 Å². The number of imidazole rings is 1. The van der Waals surface area contributed by atoms with Gasteiger partial charge in [0.25, 0.3) is 5.91 Å². The second kappa shape index (κ2) is 7.73. The molecule has 0 aliphatic carbocycles. The third-order valence-electron chi connectivity index (χ3n) is 5.11. The quantitative estimate of drug-likeness (QED) is 0.698. The molecule has 1 fully saturated rings. The Morgan fingerprint density at radius 2 is 2.04 bits per heavy atom. The summed E-state index contributed by atoms with van der Waals surface area (Å²) in [6, 6.07) is 10.3. The monoisotopic (exact) mass is 364 g/mol. The van der Waals surface area contributed by atoms with Gasteiger partial charge in [-0.2, -0.15) is 0 Å². The van der Waals surface area contributed by atoms with E-state index in [0.29, 0.717) is 5.69 Å². The Kier molecular flexibility index (Phi) is 5.00. The number of carbonyl (C=O) groups excluding carboxylic acids is 1. The average molecular weight is 364 g/mol. The zero-order valence-corrected chi connectivity index (χ0v) is 15.5. The van der Waals surface area contributed by atoms with E-state index in [2.05, 4.69) is 15.3 Å². The summed E-state index contributed by atoms with van der Waals surface area (Å²) in [7, 11) is 1.88. The molecular weight excluding hydrogens is 340 g/mol. The minimum absolute atomic E-state index is 0.0314. The summed E-state index contributed by atoms with van der Waals surface area (Å²) in [5.41, 5.74) is 2.46.